The van der Waals surface area contributed by atoms with E-state index in [9.17, 15) is 9.59 Å². The van der Waals surface area contributed by atoms with Crippen LogP contribution >= 0.6 is 11.6 Å². The average Bonchev–Trinajstić information content (AvgIpc) is 3.02. The van der Waals surface area contributed by atoms with Crippen LogP contribution in [0, 0.1) is 13.8 Å². The fraction of sp³-hybridized carbons (Fsp3) is 0.542. The van der Waals surface area contributed by atoms with E-state index in [0.717, 1.165) is 42.3 Å². The van der Waals surface area contributed by atoms with E-state index < -0.39 is 5.60 Å². The second-order valence-electron chi connectivity index (χ2n) is 9.37. The molecule has 1 N–H and O–H groups in total. The number of aromatic nitrogens is 2. The molecule has 0 saturated carbocycles. The molecule has 0 unspecified atom stereocenters. The monoisotopic (exact) mass is 475 g/mol. The summed E-state index contributed by atoms with van der Waals surface area (Å²) in [6, 6.07) is 7.47. The van der Waals surface area contributed by atoms with E-state index in [1.165, 1.54) is 0 Å². The molecule has 0 radical (unpaired) electrons. The van der Waals surface area contributed by atoms with Gasteiger partial charge in [-0.05, 0) is 58.9 Å². The molecule has 0 aliphatic carbocycles. The van der Waals surface area contributed by atoms with Crippen LogP contribution < -0.4 is 5.32 Å². The number of nitrogens with zero attached hydrogens (tertiary/aromatic N) is 4. The van der Waals surface area contributed by atoms with Crippen molar-refractivity contribution in [3.05, 3.63) is 46.2 Å². The highest BCUT2D eigenvalue weighted by atomic mass is 35.5. The lowest BCUT2D eigenvalue weighted by atomic mass is 10.1. The molecule has 3 rings (SSSR count). The highest BCUT2D eigenvalue weighted by Crippen LogP contribution is 2.20. The predicted molar refractivity (Wildman–Crippen MR) is 129 cm³/mol. The van der Waals surface area contributed by atoms with Crippen LogP contribution in [-0.2, 0) is 16.0 Å². The normalized spacial score (nSPS) is 14.9. The van der Waals surface area contributed by atoms with Gasteiger partial charge in [-0.1, -0.05) is 11.6 Å². The lowest BCUT2D eigenvalue weighted by Crippen LogP contribution is -2.51. The Balaban J connectivity index is 1.44. The summed E-state index contributed by atoms with van der Waals surface area (Å²) in [7, 11) is 0. The van der Waals surface area contributed by atoms with E-state index in [1.54, 1.807) is 4.90 Å². The van der Waals surface area contributed by atoms with Crippen molar-refractivity contribution in [3.8, 4) is 5.69 Å². The Hall–Kier alpha value is -2.58. The van der Waals surface area contributed by atoms with Gasteiger partial charge in [-0.3, -0.25) is 9.69 Å². The Morgan fingerprint density at radius 3 is 2.33 bits per heavy atom. The van der Waals surface area contributed by atoms with Gasteiger partial charge in [0.05, 0.1) is 17.8 Å². The van der Waals surface area contributed by atoms with E-state index in [2.05, 4.69) is 15.3 Å². The predicted octanol–water partition coefficient (Wildman–Crippen LogP) is 3.35. The van der Waals surface area contributed by atoms with E-state index in [4.69, 9.17) is 16.3 Å². The molecule has 0 spiro atoms. The van der Waals surface area contributed by atoms with Crippen molar-refractivity contribution in [1.82, 2.24) is 24.9 Å². The minimum Gasteiger partial charge on any atom is -0.444 e. The second kappa shape index (κ2) is 10.6. The van der Waals surface area contributed by atoms with Gasteiger partial charge in [0.15, 0.2) is 0 Å². The van der Waals surface area contributed by atoms with Gasteiger partial charge in [-0.15, -0.1) is 0 Å². The number of piperazine rings is 1. The van der Waals surface area contributed by atoms with E-state index in [-0.39, 0.29) is 18.4 Å². The Morgan fingerprint density at radius 2 is 1.73 bits per heavy atom. The van der Waals surface area contributed by atoms with Gasteiger partial charge in [0.25, 0.3) is 0 Å². The SMILES string of the molecule is Cc1nn(-c2ccc(Cl)cc2)c(C)c1CC(=O)NCCN1CCN(C(=O)OC(C)(C)C)CC1. The highest BCUT2D eigenvalue weighted by molar-refractivity contribution is 6.30. The quantitative estimate of drug-likeness (QED) is 0.693. The number of benzene rings is 1. The van der Waals surface area contributed by atoms with Crippen LogP contribution in [0.4, 0.5) is 4.79 Å². The lowest BCUT2D eigenvalue weighted by molar-refractivity contribution is -0.120. The number of rotatable bonds is 6. The van der Waals surface area contributed by atoms with Crippen LogP contribution in [0.2, 0.25) is 5.02 Å². The number of amides is 2. The largest absolute Gasteiger partial charge is 0.444 e. The summed E-state index contributed by atoms with van der Waals surface area (Å²) >= 11 is 5.98. The third-order valence-electron chi connectivity index (χ3n) is 5.62. The second-order valence-corrected chi connectivity index (χ2v) is 9.81. The Kier molecular flexibility index (Phi) is 8.02. The maximum Gasteiger partial charge on any atom is 0.410 e. The molecule has 0 bridgehead atoms. The van der Waals surface area contributed by atoms with Gasteiger partial charge in [-0.25, -0.2) is 9.48 Å². The van der Waals surface area contributed by atoms with E-state index in [0.29, 0.717) is 24.7 Å². The van der Waals surface area contributed by atoms with Gasteiger partial charge in [0.1, 0.15) is 5.60 Å². The standard InChI is InChI=1S/C24H34ClN5O3/c1-17-21(18(2)30(27-17)20-8-6-19(25)7-9-20)16-22(31)26-10-11-28-12-14-29(15-13-28)23(32)33-24(3,4)5/h6-9H,10-16H2,1-5H3,(H,26,31). The van der Waals surface area contributed by atoms with Crippen LogP contribution in [0.1, 0.15) is 37.7 Å². The van der Waals surface area contributed by atoms with Crippen molar-refractivity contribution < 1.29 is 14.3 Å². The molecule has 2 amide bonds. The topological polar surface area (TPSA) is 79.7 Å². The zero-order valence-corrected chi connectivity index (χ0v) is 20.9. The molecule has 1 aromatic heterocycles. The van der Waals surface area contributed by atoms with Crippen LogP contribution in [0.5, 0.6) is 0 Å². The first kappa shape index (κ1) is 25.1. The van der Waals surface area contributed by atoms with Crippen LogP contribution in [0.15, 0.2) is 24.3 Å². The molecule has 0 atom stereocenters. The molecule has 1 fully saturated rings. The smallest absolute Gasteiger partial charge is 0.410 e. The summed E-state index contributed by atoms with van der Waals surface area (Å²) in [6.45, 7) is 13.6. The van der Waals surface area contributed by atoms with Crippen LogP contribution in [-0.4, -0.2) is 76.5 Å². The summed E-state index contributed by atoms with van der Waals surface area (Å²) < 4.78 is 7.28. The molecule has 1 aromatic carbocycles. The molecule has 9 heteroatoms. The van der Waals surface area contributed by atoms with Gasteiger partial charge >= 0.3 is 6.09 Å². The number of hydrogen-bond acceptors (Lipinski definition) is 5. The number of ether oxygens (including phenoxy) is 1. The zero-order valence-electron chi connectivity index (χ0n) is 20.2. The van der Waals surface area contributed by atoms with Gasteiger partial charge in [-0.2, -0.15) is 5.10 Å². The van der Waals surface area contributed by atoms with Gasteiger partial charge < -0.3 is 15.0 Å². The molecule has 180 valence electrons. The molecule has 33 heavy (non-hydrogen) atoms. The zero-order chi connectivity index (χ0) is 24.2. The Labute approximate surface area is 200 Å². The van der Waals surface area contributed by atoms with Crippen molar-refractivity contribution in [2.45, 2.75) is 46.6 Å². The molecular formula is C24H34ClN5O3. The minimum absolute atomic E-state index is 0.0238. The maximum atomic E-state index is 12.6. The fourth-order valence-corrected chi connectivity index (χ4v) is 3.95. The first-order valence-corrected chi connectivity index (χ1v) is 11.7. The number of halogens is 1. The Morgan fingerprint density at radius 1 is 1.09 bits per heavy atom. The number of hydrogen-bond donors (Lipinski definition) is 1. The van der Waals surface area contributed by atoms with Gasteiger partial charge in [0, 0.05) is 55.5 Å². The molecule has 2 aromatic rings. The number of aryl methyl sites for hydroxylation is 1. The van der Waals surface area contributed by atoms with Crippen LogP contribution in [0.3, 0.4) is 0 Å². The molecule has 1 saturated heterocycles. The molecular weight excluding hydrogens is 442 g/mol. The van der Waals surface area contributed by atoms with Crippen molar-refractivity contribution >= 4 is 23.6 Å². The first-order chi connectivity index (χ1) is 15.5. The summed E-state index contributed by atoms with van der Waals surface area (Å²) in [4.78, 5) is 28.7. The number of carbonyl (C=O) groups excluding carboxylic acids is 2. The van der Waals surface area contributed by atoms with Crippen molar-refractivity contribution in [3.63, 3.8) is 0 Å². The maximum absolute atomic E-state index is 12.6. The highest BCUT2D eigenvalue weighted by Gasteiger charge is 2.25. The van der Waals surface area contributed by atoms with Gasteiger partial charge in [0.2, 0.25) is 5.91 Å². The van der Waals surface area contributed by atoms with E-state index >= 15 is 0 Å². The van der Waals surface area contributed by atoms with Crippen molar-refractivity contribution in [1.29, 1.82) is 0 Å². The third-order valence-corrected chi connectivity index (χ3v) is 5.88. The number of carbonyl (C=O) groups is 2. The van der Waals surface area contributed by atoms with Crippen LogP contribution in [0.25, 0.3) is 5.69 Å². The summed E-state index contributed by atoms with van der Waals surface area (Å²) in [5, 5.41) is 8.29. The molecule has 1 aliphatic heterocycles. The summed E-state index contributed by atoms with van der Waals surface area (Å²) in [5.74, 6) is -0.0238. The summed E-state index contributed by atoms with van der Waals surface area (Å²) in [6.07, 6.45) is 0.0258. The summed E-state index contributed by atoms with van der Waals surface area (Å²) in [5.41, 5.74) is 3.16. The van der Waals surface area contributed by atoms with Crippen molar-refractivity contribution in [2.24, 2.45) is 0 Å². The Bertz CT molecular complexity index is 973. The van der Waals surface area contributed by atoms with Crippen molar-refractivity contribution in [2.75, 3.05) is 39.3 Å². The fourth-order valence-electron chi connectivity index (χ4n) is 3.82. The average molecular weight is 476 g/mol. The minimum atomic E-state index is -0.486. The molecule has 1 aliphatic rings. The first-order valence-electron chi connectivity index (χ1n) is 11.3. The van der Waals surface area contributed by atoms with E-state index in [1.807, 2.05) is 63.6 Å². The molecule has 2 heterocycles. The number of nitrogens with one attached hydrogen (secondary N) is 1. The lowest BCUT2D eigenvalue weighted by Gasteiger charge is -2.35. The third kappa shape index (κ3) is 6.95. The molecule has 8 nitrogen and oxygen atoms in total.